The third kappa shape index (κ3) is 2.81. The molecule has 3 aromatic heterocycles. The minimum absolute atomic E-state index is 0.107. The Kier molecular flexibility index (Phi) is 3.72. The molecule has 0 spiro atoms. The fourth-order valence-corrected chi connectivity index (χ4v) is 3.47. The molecule has 0 N–H and O–H groups in total. The van der Waals surface area contributed by atoms with E-state index >= 15 is 0 Å². The van der Waals surface area contributed by atoms with Crippen LogP contribution in [-0.4, -0.2) is 10.4 Å². The first-order valence-corrected chi connectivity index (χ1v) is 7.90. The molecule has 0 fully saturated rings. The predicted molar refractivity (Wildman–Crippen MR) is 84.2 cm³/mol. The lowest BCUT2D eigenvalue weighted by molar-refractivity contribution is 0.103. The Hall–Kier alpha value is -2.18. The number of Topliss-reactive ketones (excluding diaryl/α,β-unsaturated/α-hetero) is 1. The van der Waals surface area contributed by atoms with Crippen molar-refractivity contribution < 1.29 is 9.21 Å². The van der Waals surface area contributed by atoms with Crippen LogP contribution in [0.3, 0.4) is 0 Å². The van der Waals surface area contributed by atoms with Gasteiger partial charge in [0.05, 0.1) is 10.8 Å². The summed E-state index contributed by atoms with van der Waals surface area (Å²) < 4.78 is 7.74. The highest BCUT2D eigenvalue weighted by molar-refractivity contribution is 7.08. The number of aromatic nitrogens is 1. The number of carbonyl (C=O) groups excluding carboxylic acids is 1. The highest BCUT2D eigenvalue weighted by atomic mass is 32.1. The molecule has 0 unspecified atom stereocenters. The molecule has 3 heterocycles. The van der Waals surface area contributed by atoms with Crippen molar-refractivity contribution in [3.8, 4) is 0 Å². The summed E-state index contributed by atoms with van der Waals surface area (Å²) in [6.45, 7) is 0. The second-order valence-corrected chi connectivity index (χ2v) is 6.20. The molecule has 0 saturated carbocycles. The molecule has 0 saturated heterocycles. The van der Waals surface area contributed by atoms with Crippen LogP contribution in [0, 0.1) is 0 Å². The van der Waals surface area contributed by atoms with Crippen LogP contribution >= 0.6 is 22.7 Å². The maximum atomic E-state index is 12.2. The Morgan fingerprint density at radius 2 is 2.24 bits per heavy atom. The van der Waals surface area contributed by atoms with Gasteiger partial charge >= 0.3 is 0 Å². The molecule has 0 aromatic carbocycles. The number of carbonyl (C=O) groups is 1. The predicted octanol–water partition coefficient (Wildman–Crippen LogP) is 1.59. The number of hydrogen-bond donors (Lipinski definition) is 0. The SMILES string of the molecule is Cn1c(=O)/c(=C\c2ccsc2)s/c1=C\C(=O)c1ccco1. The first kappa shape index (κ1) is 13.8. The summed E-state index contributed by atoms with van der Waals surface area (Å²) in [5.74, 6) is 0.0122. The third-order valence-corrected chi connectivity index (χ3v) is 4.73. The standard InChI is InChI=1S/C15H11NO3S2/c1-16-14(8-11(17)12-3-2-5-19-12)21-13(15(16)18)7-10-4-6-20-9-10/h2-9H,1H3/b13-7+,14-8-. The average molecular weight is 317 g/mol. The first-order chi connectivity index (χ1) is 10.1. The van der Waals surface area contributed by atoms with Crippen LogP contribution in [0.5, 0.6) is 0 Å². The highest BCUT2D eigenvalue weighted by Gasteiger charge is 2.07. The van der Waals surface area contributed by atoms with Crippen LogP contribution in [0.15, 0.2) is 44.4 Å². The summed E-state index contributed by atoms with van der Waals surface area (Å²) in [7, 11) is 1.66. The molecule has 0 aliphatic carbocycles. The van der Waals surface area contributed by atoms with Gasteiger partial charge in [0.25, 0.3) is 5.56 Å². The molecule has 3 aromatic rings. The summed E-state index contributed by atoms with van der Waals surface area (Å²) in [6.07, 6.45) is 4.71. The molecule has 0 amide bonds. The van der Waals surface area contributed by atoms with Crippen molar-refractivity contribution in [2.45, 2.75) is 0 Å². The molecular weight excluding hydrogens is 306 g/mol. The van der Waals surface area contributed by atoms with E-state index in [1.54, 1.807) is 30.5 Å². The molecule has 0 bridgehead atoms. The van der Waals surface area contributed by atoms with Crippen molar-refractivity contribution >= 4 is 40.6 Å². The van der Waals surface area contributed by atoms with Gasteiger partial charge in [-0.25, -0.2) is 0 Å². The van der Waals surface area contributed by atoms with E-state index in [1.807, 2.05) is 22.9 Å². The lowest BCUT2D eigenvalue weighted by Crippen LogP contribution is -2.29. The van der Waals surface area contributed by atoms with Gasteiger partial charge in [-0.1, -0.05) is 0 Å². The van der Waals surface area contributed by atoms with E-state index in [-0.39, 0.29) is 17.1 Å². The maximum Gasteiger partial charge on any atom is 0.268 e. The van der Waals surface area contributed by atoms with Gasteiger partial charge in [0.2, 0.25) is 5.78 Å². The fraction of sp³-hybridized carbons (Fsp3) is 0.0667. The number of thiophene rings is 1. The lowest BCUT2D eigenvalue weighted by atomic mass is 10.3. The minimum Gasteiger partial charge on any atom is -0.461 e. The zero-order chi connectivity index (χ0) is 14.8. The molecule has 3 rings (SSSR count). The summed E-state index contributed by atoms with van der Waals surface area (Å²) in [4.78, 5) is 24.2. The molecule has 0 radical (unpaired) electrons. The lowest BCUT2D eigenvalue weighted by Gasteiger charge is -1.89. The summed E-state index contributed by atoms with van der Waals surface area (Å²) >= 11 is 2.87. The summed E-state index contributed by atoms with van der Waals surface area (Å²) in [5.41, 5.74) is 0.882. The van der Waals surface area contributed by atoms with E-state index in [0.717, 1.165) is 5.56 Å². The number of nitrogens with zero attached hydrogens (tertiary/aromatic N) is 1. The van der Waals surface area contributed by atoms with E-state index in [9.17, 15) is 9.59 Å². The van der Waals surface area contributed by atoms with Gasteiger partial charge in [-0.05, 0) is 40.6 Å². The van der Waals surface area contributed by atoms with Gasteiger partial charge < -0.3 is 8.98 Å². The van der Waals surface area contributed by atoms with E-state index in [2.05, 4.69) is 0 Å². The van der Waals surface area contributed by atoms with Crippen molar-refractivity contribution in [1.82, 2.24) is 4.57 Å². The van der Waals surface area contributed by atoms with Crippen LogP contribution in [0.25, 0.3) is 12.2 Å². The Balaban J connectivity index is 2.10. The number of ketones is 1. The van der Waals surface area contributed by atoms with Crippen LogP contribution in [0.2, 0.25) is 0 Å². The highest BCUT2D eigenvalue weighted by Crippen LogP contribution is 2.06. The minimum atomic E-state index is -0.251. The Labute approximate surface area is 127 Å². The van der Waals surface area contributed by atoms with E-state index in [0.29, 0.717) is 9.20 Å². The molecule has 0 atom stereocenters. The van der Waals surface area contributed by atoms with Gasteiger partial charge in [0.1, 0.15) is 4.66 Å². The van der Waals surface area contributed by atoms with Crippen molar-refractivity contribution in [3.05, 3.63) is 66.1 Å². The Morgan fingerprint density at radius 3 is 2.90 bits per heavy atom. The Morgan fingerprint density at radius 1 is 1.38 bits per heavy atom. The van der Waals surface area contributed by atoms with Crippen LogP contribution in [0.4, 0.5) is 0 Å². The zero-order valence-electron chi connectivity index (χ0n) is 11.1. The largest absolute Gasteiger partial charge is 0.461 e. The van der Waals surface area contributed by atoms with Crippen molar-refractivity contribution in [3.63, 3.8) is 0 Å². The van der Waals surface area contributed by atoms with Crippen LogP contribution in [-0.2, 0) is 7.05 Å². The average Bonchev–Trinajstić information content (AvgIpc) is 3.19. The van der Waals surface area contributed by atoms with Crippen molar-refractivity contribution in [2.24, 2.45) is 7.05 Å². The first-order valence-electron chi connectivity index (χ1n) is 6.14. The zero-order valence-corrected chi connectivity index (χ0v) is 12.7. The molecule has 6 heteroatoms. The molecule has 21 heavy (non-hydrogen) atoms. The normalized spacial score (nSPS) is 13.0. The van der Waals surface area contributed by atoms with E-state index in [4.69, 9.17) is 4.42 Å². The molecule has 0 aliphatic rings. The number of thiazole rings is 1. The fourth-order valence-electron chi connectivity index (χ4n) is 1.82. The van der Waals surface area contributed by atoms with Gasteiger partial charge in [0, 0.05) is 13.1 Å². The maximum absolute atomic E-state index is 12.2. The monoisotopic (exact) mass is 317 g/mol. The van der Waals surface area contributed by atoms with Crippen molar-refractivity contribution in [2.75, 3.05) is 0 Å². The molecule has 106 valence electrons. The van der Waals surface area contributed by atoms with Gasteiger partial charge in [-0.2, -0.15) is 11.3 Å². The second kappa shape index (κ2) is 5.67. The third-order valence-electron chi connectivity index (χ3n) is 2.92. The summed E-state index contributed by atoms with van der Waals surface area (Å²) in [6, 6.07) is 5.20. The van der Waals surface area contributed by atoms with Crippen molar-refractivity contribution in [1.29, 1.82) is 0 Å². The van der Waals surface area contributed by atoms with Crippen LogP contribution < -0.4 is 14.8 Å². The number of rotatable bonds is 3. The molecule has 4 nitrogen and oxygen atoms in total. The smallest absolute Gasteiger partial charge is 0.268 e. The number of furan rings is 1. The van der Waals surface area contributed by atoms with Gasteiger partial charge in [-0.15, -0.1) is 11.3 Å². The molecular formula is C15H11NO3S2. The summed E-state index contributed by atoms with van der Waals surface area (Å²) in [5, 5.41) is 3.92. The number of hydrogen-bond acceptors (Lipinski definition) is 5. The second-order valence-electron chi connectivity index (χ2n) is 4.36. The van der Waals surface area contributed by atoms with Gasteiger partial charge in [-0.3, -0.25) is 9.59 Å². The van der Waals surface area contributed by atoms with Crippen LogP contribution in [0.1, 0.15) is 16.1 Å². The van der Waals surface area contributed by atoms with E-state index in [1.165, 1.54) is 28.2 Å². The molecule has 0 aliphatic heterocycles. The quantitative estimate of drug-likeness (QED) is 0.689. The Bertz CT molecular complexity index is 928. The topological polar surface area (TPSA) is 52.2 Å². The van der Waals surface area contributed by atoms with E-state index < -0.39 is 0 Å². The van der Waals surface area contributed by atoms with Gasteiger partial charge in [0.15, 0.2) is 5.76 Å².